The number of aldehydes is 1. The standard InChI is InChI=1S/C15H15NO6S2/c1-21-13-5-3-12(4-6-13)16(9-14(18)22-2)24(19,20)15-11(10-17)7-8-23-15/h3-8,10H,9H2,1-2H3. The summed E-state index contributed by atoms with van der Waals surface area (Å²) in [4.78, 5) is 22.7. The lowest BCUT2D eigenvalue weighted by Crippen LogP contribution is -2.36. The molecule has 2 rings (SSSR count). The Bertz CT molecular complexity index is 826. The molecule has 0 saturated carbocycles. The molecule has 0 aliphatic carbocycles. The highest BCUT2D eigenvalue weighted by Gasteiger charge is 2.30. The summed E-state index contributed by atoms with van der Waals surface area (Å²) < 4.78 is 36.2. The second-order valence-electron chi connectivity index (χ2n) is 4.57. The van der Waals surface area contributed by atoms with Crippen LogP contribution in [0.4, 0.5) is 5.69 Å². The molecule has 1 aromatic carbocycles. The van der Waals surface area contributed by atoms with E-state index in [1.165, 1.54) is 37.8 Å². The Morgan fingerprint density at radius 1 is 1.21 bits per heavy atom. The van der Waals surface area contributed by atoms with Crippen LogP contribution in [0.5, 0.6) is 5.75 Å². The van der Waals surface area contributed by atoms with E-state index in [4.69, 9.17) is 4.74 Å². The molecule has 1 aromatic heterocycles. The van der Waals surface area contributed by atoms with Gasteiger partial charge in [0, 0.05) is 5.56 Å². The highest BCUT2D eigenvalue weighted by atomic mass is 32.2. The topological polar surface area (TPSA) is 90.0 Å². The zero-order valence-corrected chi connectivity index (χ0v) is 14.6. The van der Waals surface area contributed by atoms with Crippen molar-refractivity contribution in [3.05, 3.63) is 41.3 Å². The molecule has 0 radical (unpaired) electrons. The normalized spacial score (nSPS) is 10.9. The molecule has 1 heterocycles. The third-order valence-corrected chi connectivity index (χ3v) is 6.44. The van der Waals surface area contributed by atoms with Crippen molar-refractivity contribution in [1.82, 2.24) is 0 Å². The zero-order valence-electron chi connectivity index (χ0n) is 13.0. The molecule has 7 nitrogen and oxygen atoms in total. The summed E-state index contributed by atoms with van der Waals surface area (Å²) in [7, 11) is -1.44. The summed E-state index contributed by atoms with van der Waals surface area (Å²) >= 11 is 0.909. The molecule has 0 fully saturated rings. The van der Waals surface area contributed by atoms with Crippen LogP contribution < -0.4 is 9.04 Å². The molecule has 0 unspecified atom stereocenters. The number of hydrogen-bond donors (Lipinski definition) is 0. The van der Waals surface area contributed by atoms with Crippen molar-refractivity contribution < 1.29 is 27.5 Å². The SMILES string of the molecule is COC(=O)CN(c1ccc(OC)cc1)S(=O)(=O)c1sccc1C=O. The van der Waals surface area contributed by atoms with Crippen LogP contribution in [0.15, 0.2) is 39.9 Å². The largest absolute Gasteiger partial charge is 0.497 e. The van der Waals surface area contributed by atoms with Gasteiger partial charge in [0.05, 0.1) is 19.9 Å². The number of sulfonamides is 1. The highest BCUT2D eigenvalue weighted by molar-refractivity contribution is 7.94. The van der Waals surface area contributed by atoms with Crippen molar-refractivity contribution in [3.8, 4) is 5.75 Å². The molecule has 2 aromatic rings. The van der Waals surface area contributed by atoms with Crippen LogP contribution in [-0.4, -0.2) is 41.4 Å². The number of hydrogen-bond acceptors (Lipinski definition) is 7. The lowest BCUT2D eigenvalue weighted by Gasteiger charge is -2.23. The fraction of sp³-hybridized carbons (Fsp3) is 0.200. The lowest BCUT2D eigenvalue weighted by atomic mass is 10.3. The van der Waals surface area contributed by atoms with Gasteiger partial charge in [-0.15, -0.1) is 11.3 Å². The summed E-state index contributed by atoms with van der Waals surface area (Å²) in [6.45, 7) is -0.513. The van der Waals surface area contributed by atoms with E-state index in [1.807, 2.05) is 0 Å². The number of nitrogens with zero attached hydrogens (tertiary/aromatic N) is 1. The summed E-state index contributed by atoms with van der Waals surface area (Å²) in [5.74, 6) is -0.183. The van der Waals surface area contributed by atoms with Crippen LogP contribution in [0.1, 0.15) is 10.4 Å². The van der Waals surface area contributed by atoms with Gasteiger partial charge in [-0.3, -0.25) is 13.9 Å². The molecule has 0 N–H and O–H groups in total. The van der Waals surface area contributed by atoms with Crippen LogP contribution in [-0.2, 0) is 19.6 Å². The zero-order chi connectivity index (χ0) is 17.7. The van der Waals surface area contributed by atoms with Crippen LogP contribution in [0.25, 0.3) is 0 Å². The number of carbonyl (C=O) groups excluding carboxylic acids is 2. The number of carbonyl (C=O) groups is 2. The Hall–Kier alpha value is -2.39. The molecular formula is C15H15NO6S2. The Kier molecular flexibility index (Phi) is 5.58. The molecule has 0 amide bonds. The van der Waals surface area contributed by atoms with Gasteiger partial charge < -0.3 is 9.47 Å². The van der Waals surface area contributed by atoms with Gasteiger partial charge in [-0.1, -0.05) is 0 Å². The minimum absolute atomic E-state index is 0.0448. The fourth-order valence-corrected chi connectivity index (χ4v) is 4.75. The van der Waals surface area contributed by atoms with Crippen molar-refractivity contribution in [2.75, 3.05) is 25.1 Å². The maximum absolute atomic E-state index is 12.9. The molecule has 0 atom stereocenters. The average molecular weight is 369 g/mol. The first kappa shape index (κ1) is 18.0. The van der Waals surface area contributed by atoms with Gasteiger partial charge in [0.1, 0.15) is 12.3 Å². The molecule has 0 saturated heterocycles. The maximum atomic E-state index is 12.9. The van der Waals surface area contributed by atoms with Crippen LogP contribution >= 0.6 is 11.3 Å². The van der Waals surface area contributed by atoms with Crippen molar-refractivity contribution in [3.63, 3.8) is 0 Å². The molecule has 0 aliphatic rings. The van der Waals surface area contributed by atoms with E-state index >= 15 is 0 Å². The first-order valence-corrected chi connectivity index (χ1v) is 9.02. The van der Waals surface area contributed by atoms with Crippen molar-refractivity contribution in [2.24, 2.45) is 0 Å². The number of anilines is 1. The average Bonchev–Trinajstić information content (AvgIpc) is 3.09. The number of thiophene rings is 1. The van der Waals surface area contributed by atoms with Crippen LogP contribution in [0.2, 0.25) is 0 Å². The minimum Gasteiger partial charge on any atom is -0.497 e. The number of benzene rings is 1. The smallest absolute Gasteiger partial charge is 0.326 e. The molecule has 0 spiro atoms. The van der Waals surface area contributed by atoms with E-state index in [0.29, 0.717) is 12.0 Å². The Balaban J connectivity index is 2.52. The summed E-state index contributed by atoms with van der Waals surface area (Å²) in [5, 5.41) is 1.50. The monoisotopic (exact) mass is 369 g/mol. The Morgan fingerprint density at radius 3 is 2.42 bits per heavy atom. The van der Waals surface area contributed by atoms with Gasteiger partial charge in [-0.05, 0) is 35.7 Å². The van der Waals surface area contributed by atoms with Gasteiger partial charge in [0.25, 0.3) is 10.0 Å². The minimum atomic E-state index is -4.10. The van der Waals surface area contributed by atoms with E-state index in [-0.39, 0.29) is 15.5 Å². The van der Waals surface area contributed by atoms with Crippen molar-refractivity contribution in [1.29, 1.82) is 0 Å². The van der Waals surface area contributed by atoms with Gasteiger partial charge in [-0.25, -0.2) is 8.42 Å². The van der Waals surface area contributed by atoms with Gasteiger partial charge in [0.15, 0.2) is 10.5 Å². The lowest BCUT2D eigenvalue weighted by molar-refractivity contribution is -0.138. The molecule has 9 heteroatoms. The number of ether oxygens (including phenoxy) is 2. The Labute approximate surface area is 143 Å². The van der Waals surface area contributed by atoms with E-state index in [9.17, 15) is 18.0 Å². The van der Waals surface area contributed by atoms with E-state index in [2.05, 4.69) is 4.74 Å². The molecule has 0 bridgehead atoms. The van der Waals surface area contributed by atoms with Gasteiger partial charge >= 0.3 is 5.97 Å². The third-order valence-electron chi connectivity index (χ3n) is 3.17. The molecule has 128 valence electrons. The van der Waals surface area contributed by atoms with Gasteiger partial charge in [0.2, 0.25) is 0 Å². The summed E-state index contributed by atoms with van der Waals surface area (Å²) in [6, 6.07) is 7.57. The predicted octanol–water partition coefficient (Wildman–Crippen LogP) is 1.94. The number of rotatable bonds is 7. The Morgan fingerprint density at radius 2 is 1.88 bits per heavy atom. The maximum Gasteiger partial charge on any atom is 0.326 e. The number of methoxy groups -OCH3 is 2. The number of esters is 1. The molecular weight excluding hydrogens is 354 g/mol. The predicted molar refractivity (Wildman–Crippen MR) is 89.2 cm³/mol. The quantitative estimate of drug-likeness (QED) is 0.547. The van der Waals surface area contributed by atoms with E-state index in [0.717, 1.165) is 15.6 Å². The van der Waals surface area contributed by atoms with Crippen molar-refractivity contribution >= 4 is 39.3 Å². The van der Waals surface area contributed by atoms with Crippen LogP contribution in [0.3, 0.4) is 0 Å². The molecule has 0 aliphatic heterocycles. The summed E-state index contributed by atoms with van der Waals surface area (Å²) in [5.41, 5.74) is 0.301. The first-order chi connectivity index (χ1) is 11.4. The highest BCUT2D eigenvalue weighted by Crippen LogP contribution is 2.30. The second-order valence-corrected chi connectivity index (χ2v) is 7.54. The van der Waals surface area contributed by atoms with Gasteiger partial charge in [-0.2, -0.15) is 0 Å². The summed E-state index contributed by atoms with van der Waals surface area (Å²) in [6.07, 6.45) is 0.466. The van der Waals surface area contributed by atoms with E-state index < -0.39 is 22.5 Å². The van der Waals surface area contributed by atoms with Crippen LogP contribution in [0, 0.1) is 0 Å². The second kappa shape index (κ2) is 7.45. The van der Waals surface area contributed by atoms with E-state index in [1.54, 1.807) is 12.1 Å². The van der Waals surface area contributed by atoms with Crippen molar-refractivity contribution in [2.45, 2.75) is 4.21 Å². The fourth-order valence-electron chi connectivity index (χ4n) is 1.95. The first-order valence-electron chi connectivity index (χ1n) is 6.70. The third kappa shape index (κ3) is 3.57. The molecule has 24 heavy (non-hydrogen) atoms.